The molecule has 1 aromatic carbocycles. The first kappa shape index (κ1) is 9.51. The highest BCUT2D eigenvalue weighted by Gasteiger charge is 2.18. The Morgan fingerprint density at radius 2 is 1.93 bits per heavy atom. The molecule has 1 fully saturated rings. The topological polar surface area (TPSA) is 0 Å². The molecule has 1 aromatic rings. The van der Waals surface area contributed by atoms with E-state index in [0.717, 1.165) is 12.3 Å². The molecule has 0 saturated heterocycles. The highest BCUT2D eigenvalue weighted by molar-refractivity contribution is 5.32. The quantitative estimate of drug-likeness (QED) is 0.624. The molecule has 0 aromatic heterocycles. The van der Waals surface area contributed by atoms with Crippen molar-refractivity contribution in [2.75, 3.05) is 0 Å². The lowest BCUT2D eigenvalue weighted by Crippen LogP contribution is -1.97. The molecule has 0 atom stereocenters. The fourth-order valence-corrected chi connectivity index (χ4v) is 2.51. The lowest BCUT2D eigenvalue weighted by Gasteiger charge is -2.13. The summed E-state index contributed by atoms with van der Waals surface area (Å²) >= 11 is 0. The predicted molar refractivity (Wildman–Crippen MR) is 61.6 cm³/mol. The van der Waals surface area contributed by atoms with Gasteiger partial charge in [-0.1, -0.05) is 43.2 Å². The monoisotopic (exact) mass is 186 g/mol. The van der Waals surface area contributed by atoms with Crippen molar-refractivity contribution >= 4 is 0 Å². The van der Waals surface area contributed by atoms with E-state index in [4.69, 9.17) is 0 Å². The molecule has 0 heterocycles. The van der Waals surface area contributed by atoms with E-state index in [1.54, 1.807) is 5.56 Å². The summed E-state index contributed by atoms with van der Waals surface area (Å²) in [5.74, 6) is 0.825. The third-order valence-corrected chi connectivity index (χ3v) is 3.21. The molecule has 0 aliphatic heterocycles. The van der Waals surface area contributed by atoms with Crippen LogP contribution in [0.2, 0.25) is 0 Å². The first-order chi connectivity index (χ1) is 6.92. The van der Waals surface area contributed by atoms with E-state index >= 15 is 0 Å². The van der Waals surface area contributed by atoms with Gasteiger partial charge in [0, 0.05) is 0 Å². The van der Waals surface area contributed by atoms with E-state index in [9.17, 15) is 0 Å². The summed E-state index contributed by atoms with van der Waals surface area (Å²) in [6, 6.07) is 8.85. The maximum atomic E-state index is 3.82. The lowest BCUT2D eigenvalue weighted by atomic mass is 9.91. The Morgan fingerprint density at radius 3 is 2.64 bits per heavy atom. The summed E-state index contributed by atoms with van der Waals surface area (Å²) in [6.45, 7) is 3.82. The predicted octanol–water partition coefficient (Wildman–Crippen LogP) is 4.07. The number of rotatable bonds is 3. The third-order valence-electron chi connectivity index (χ3n) is 3.21. The van der Waals surface area contributed by atoms with Gasteiger partial charge in [-0.3, -0.25) is 0 Å². The van der Waals surface area contributed by atoms with Crippen LogP contribution in [0.15, 0.2) is 36.9 Å². The van der Waals surface area contributed by atoms with Crippen LogP contribution in [0.4, 0.5) is 0 Å². The smallest absolute Gasteiger partial charge is 0.00973 e. The largest absolute Gasteiger partial charge is 0.103 e. The maximum Gasteiger partial charge on any atom is -0.00973 e. The van der Waals surface area contributed by atoms with Crippen LogP contribution in [0.25, 0.3) is 0 Å². The molecular weight excluding hydrogens is 168 g/mol. The molecule has 74 valence electrons. The Bertz CT molecular complexity index is 306. The molecule has 0 unspecified atom stereocenters. The van der Waals surface area contributed by atoms with Crippen molar-refractivity contribution in [2.24, 2.45) is 0 Å². The van der Waals surface area contributed by atoms with Gasteiger partial charge >= 0.3 is 0 Å². The summed E-state index contributed by atoms with van der Waals surface area (Å²) in [5.41, 5.74) is 3.05. The van der Waals surface area contributed by atoms with Gasteiger partial charge in [-0.25, -0.2) is 0 Å². The normalized spacial score (nSPS) is 17.1. The Morgan fingerprint density at radius 1 is 1.21 bits per heavy atom. The van der Waals surface area contributed by atoms with Crippen molar-refractivity contribution in [1.29, 1.82) is 0 Å². The average molecular weight is 186 g/mol. The second kappa shape index (κ2) is 4.45. The molecular formula is C14H18. The molecule has 0 N–H and O–H groups in total. The summed E-state index contributed by atoms with van der Waals surface area (Å²) in [7, 11) is 0. The molecule has 1 saturated carbocycles. The Kier molecular flexibility index (Phi) is 3.03. The molecule has 14 heavy (non-hydrogen) atoms. The Labute approximate surface area is 86.7 Å². The fourth-order valence-electron chi connectivity index (χ4n) is 2.51. The average Bonchev–Trinajstić information content (AvgIpc) is 2.72. The number of benzene rings is 1. The van der Waals surface area contributed by atoms with Gasteiger partial charge in [0.05, 0.1) is 0 Å². The SMILES string of the molecule is C=CCc1ccccc1C1CCCC1. The molecule has 0 nitrogen and oxygen atoms in total. The van der Waals surface area contributed by atoms with Crippen molar-refractivity contribution in [3.05, 3.63) is 48.0 Å². The van der Waals surface area contributed by atoms with Gasteiger partial charge in [0.1, 0.15) is 0 Å². The molecule has 2 rings (SSSR count). The van der Waals surface area contributed by atoms with Crippen molar-refractivity contribution in [3.8, 4) is 0 Å². The van der Waals surface area contributed by atoms with Crippen molar-refractivity contribution in [2.45, 2.75) is 38.0 Å². The summed E-state index contributed by atoms with van der Waals surface area (Å²) in [6.07, 6.45) is 8.61. The van der Waals surface area contributed by atoms with Crippen LogP contribution in [0.5, 0.6) is 0 Å². The molecule has 1 aliphatic carbocycles. The lowest BCUT2D eigenvalue weighted by molar-refractivity contribution is 0.715. The van der Waals surface area contributed by atoms with Crippen molar-refractivity contribution in [3.63, 3.8) is 0 Å². The van der Waals surface area contributed by atoms with Crippen LogP contribution in [-0.4, -0.2) is 0 Å². The maximum absolute atomic E-state index is 3.82. The fraction of sp³-hybridized carbons (Fsp3) is 0.429. The van der Waals surface area contributed by atoms with E-state index in [1.165, 1.54) is 31.2 Å². The van der Waals surface area contributed by atoms with E-state index in [0.29, 0.717) is 0 Å². The number of hydrogen-bond donors (Lipinski definition) is 0. The van der Waals surface area contributed by atoms with E-state index in [1.807, 2.05) is 6.08 Å². The van der Waals surface area contributed by atoms with Crippen LogP contribution in [-0.2, 0) is 6.42 Å². The van der Waals surface area contributed by atoms with Gasteiger partial charge in [0.2, 0.25) is 0 Å². The molecule has 0 radical (unpaired) electrons. The van der Waals surface area contributed by atoms with E-state index < -0.39 is 0 Å². The van der Waals surface area contributed by atoms with Crippen LogP contribution in [0.3, 0.4) is 0 Å². The van der Waals surface area contributed by atoms with Gasteiger partial charge in [0.15, 0.2) is 0 Å². The van der Waals surface area contributed by atoms with Gasteiger partial charge in [0.25, 0.3) is 0 Å². The zero-order valence-corrected chi connectivity index (χ0v) is 8.71. The van der Waals surface area contributed by atoms with Crippen molar-refractivity contribution in [1.82, 2.24) is 0 Å². The first-order valence-corrected chi connectivity index (χ1v) is 5.60. The molecule has 0 spiro atoms. The zero-order chi connectivity index (χ0) is 9.80. The summed E-state index contributed by atoms with van der Waals surface area (Å²) in [4.78, 5) is 0. The van der Waals surface area contributed by atoms with Gasteiger partial charge in [-0.05, 0) is 36.3 Å². The molecule has 0 heteroatoms. The van der Waals surface area contributed by atoms with Crippen molar-refractivity contribution < 1.29 is 0 Å². The standard InChI is InChI=1S/C14H18/c1-2-7-12-8-5-6-11-14(12)13-9-3-4-10-13/h2,5-6,8,11,13H,1,3-4,7,9-10H2. The third kappa shape index (κ3) is 1.89. The highest BCUT2D eigenvalue weighted by atomic mass is 14.2. The molecule has 0 bridgehead atoms. The Hall–Kier alpha value is -1.04. The molecule has 0 amide bonds. The van der Waals surface area contributed by atoms with Gasteiger partial charge in [-0.2, -0.15) is 0 Å². The van der Waals surface area contributed by atoms with Crippen LogP contribution in [0, 0.1) is 0 Å². The van der Waals surface area contributed by atoms with Crippen LogP contribution in [0.1, 0.15) is 42.7 Å². The minimum absolute atomic E-state index is 0.825. The van der Waals surface area contributed by atoms with E-state index in [2.05, 4.69) is 30.8 Å². The van der Waals surface area contributed by atoms with Crippen LogP contribution >= 0.6 is 0 Å². The minimum atomic E-state index is 0.825. The second-order valence-electron chi connectivity index (χ2n) is 4.17. The Balaban J connectivity index is 2.25. The van der Waals surface area contributed by atoms with Crippen LogP contribution < -0.4 is 0 Å². The summed E-state index contributed by atoms with van der Waals surface area (Å²) in [5, 5.41) is 0. The summed E-state index contributed by atoms with van der Waals surface area (Å²) < 4.78 is 0. The minimum Gasteiger partial charge on any atom is -0.103 e. The molecule has 1 aliphatic rings. The number of hydrogen-bond acceptors (Lipinski definition) is 0. The second-order valence-corrected chi connectivity index (χ2v) is 4.17. The zero-order valence-electron chi connectivity index (χ0n) is 8.71. The van der Waals surface area contributed by atoms with Gasteiger partial charge in [-0.15, -0.1) is 6.58 Å². The number of allylic oxidation sites excluding steroid dienone is 1. The first-order valence-electron chi connectivity index (χ1n) is 5.60. The highest BCUT2D eigenvalue weighted by Crippen LogP contribution is 2.35. The van der Waals surface area contributed by atoms with Gasteiger partial charge < -0.3 is 0 Å². The van der Waals surface area contributed by atoms with E-state index in [-0.39, 0.29) is 0 Å².